The second-order valence-electron chi connectivity index (χ2n) is 12.1. The summed E-state index contributed by atoms with van der Waals surface area (Å²) < 4.78 is 4.69. The number of fused-ring (bicyclic) bond motifs is 7. The third kappa shape index (κ3) is 4.08. The first-order chi connectivity index (χ1) is 23.8. The van der Waals surface area contributed by atoms with E-state index in [0.29, 0.717) is 5.65 Å². The lowest BCUT2D eigenvalue weighted by Crippen LogP contribution is -1.99. The van der Waals surface area contributed by atoms with E-state index in [0.717, 1.165) is 39.3 Å². The Bertz CT molecular complexity index is 2840. The predicted molar refractivity (Wildman–Crippen MR) is 197 cm³/mol. The van der Waals surface area contributed by atoms with Gasteiger partial charge in [0.25, 0.3) is 0 Å². The average Bonchev–Trinajstić information content (AvgIpc) is 3.66. The maximum absolute atomic E-state index is 5.19. The van der Waals surface area contributed by atoms with Crippen LogP contribution in [0.4, 0.5) is 0 Å². The zero-order valence-electron chi connectivity index (χ0n) is 25.8. The van der Waals surface area contributed by atoms with Gasteiger partial charge in [-0.25, -0.2) is 15.0 Å². The van der Waals surface area contributed by atoms with Gasteiger partial charge in [-0.1, -0.05) is 84.9 Å². The zero-order chi connectivity index (χ0) is 31.6. The van der Waals surface area contributed by atoms with Crippen LogP contribution >= 0.6 is 0 Å². The molecule has 48 heavy (non-hydrogen) atoms. The van der Waals surface area contributed by atoms with E-state index in [4.69, 9.17) is 9.97 Å². The van der Waals surface area contributed by atoms with Crippen LogP contribution in [0.25, 0.3) is 88.7 Å². The van der Waals surface area contributed by atoms with Crippen molar-refractivity contribution in [3.05, 3.63) is 164 Å². The average molecular weight is 614 g/mol. The van der Waals surface area contributed by atoms with Crippen molar-refractivity contribution in [2.75, 3.05) is 0 Å². The highest BCUT2D eigenvalue weighted by molar-refractivity contribution is 6.19. The molecule has 5 aromatic heterocycles. The monoisotopic (exact) mass is 613 g/mol. The number of hydrogen-bond donors (Lipinski definition) is 0. The van der Waals surface area contributed by atoms with E-state index in [1.54, 1.807) is 6.20 Å². The van der Waals surface area contributed by atoms with Crippen molar-refractivity contribution in [2.24, 2.45) is 0 Å². The van der Waals surface area contributed by atoms with Gasteiger partial charge in [0.05, 0.1) is 33.5 Å². The summed E-state index contributed by atoms with van der Waals surface area (Å²) >= 11 is 0. The minimum Gasteiger partial charge on any atom is -0.309 e. The topological polar surface area (TPSA) is 48.5 Å². The molecule has 0 saturated heterocycles. The van der Waals surface area contributed by atoms with E-state index in [1.807, 2.05) is 24.3 Å². The zero-order valence-corrected chi connectivity index (χ0v) is 25.8. The van der Waals surface area contributed by atoms with Crippen LogP contribution in [0.5, 0.6) is 0 Å². The third-order valence-corrected chi connectivity index (χ3v) is 9.37. The number of nitrogens with zero attached hydrogens (tertiary/aromatic N) is 5. The molecular weight excluding hydrogens is 587 g/mol. The van der Waals surface area contributed by atoms with Gasteiger partial charge in [-0.2, -0.15) is 0 Å². The van der Waals surface area contributed by atoms with Gasteiger partial charge in [-0.15, -0.1) is 0 Å². The maximum atomic E-state index is 5.19. The van der Waals surface area contributed by atoms with Crippen LogP contribution in [-0.2, 0) is 0 Å². The number of rotatable bonds is 4. The fourth-order valence-electron chi connectivity index (χ4n) is 7.20. The lowest BCUT2D eigenvalue weighted by molar-refractivity contribution is 1.08. The molecule has 0 saturated carbocycles. The second-order valence-corrected chi connectivity index (χ2v) is 12.1. The highest BCUT2D eigenvalue weighted by Crippen LogP contribution is 2.40. The minimum absolute atomic E-state index is 0.715. The highest BCUT2D eigenvalue weighted by atomic mass is 15.1. The summed E-state index contributed by atoms with van der Waals surface area (Å²) in [6, 6.07) is 55.6. The van der Waals surface area contributed by atoms with E-state index < -0.39 is 0 Å². The van der Waals surface area contributed by atoms with Gasteiger partial charge in [0.15, 0.2) is 5.65 Å². The largest absolute Gasteiger partial charge is 0.309 e. The molecule has 0 bridgehead atoms. The van der Waals surface area contributed by atoms with Gasteiger partial charge in [0.1, 0.15) is 5.82 Å². The van der Waals surface area contributed by atoms with Crippen molar-refractivity contribution in [1.82, 2.24) is 24.1 Å². The Morgan fingerprint density at radius 3 is 1.88 bits per heavy atom. The van der Waals surface area contributed by atoms with Gasteiger partial charge in [0.2, 0.25) is 0 Å². The lowest BCUT2D eigenvalue weighted by Gasteiger charge is -2.11. The summed E-state index contributed by atoms with van der Waals surface area (Å²) in [7, 11) is 0. The second kappa shape index (κ2) is 10.5. The van der Waals surface area contributed by atoms with Gasteiger partial charge in [-0.05, 0) is 83.9 Å². The fourth-order valence-corrected chi connectivity index (χ4v) is 7.20. The molecule has 0 N–H and O–H groups in total. The SMILES string of the molecule is c1ccc(-c2cccc(-n3c4ccccc4c4cc5c(cc43)c3ccccc3n5-c3cccc(-c4ccc5cccnc5n4)n3)c2)cc1. The Morgan fingerprint density at radius 2 is 1.06 bits per heavy atom. The van der Waals surface area contributed by atoms with Crippen molar-refractivity contribution in [3.8, 4) is 34.0 Å². The number of benzene rings is 5. The molecule has 0 atom stereocenters. The highest BCUT2D eigenvalue weighted by Gasteiger charge is 2.19. The molecule has 10 rings (SSSR count). The molecule has 5 nitrogen and oxygen atoms in total. The molecule has 5 heteroatoms. The van der Waals surface area contributed by atoms with Crippen LogP contribution in [0.2, 0.25) is 0 Å². The van der Waals surface area contributed by atoms with Gasteiger partial charge < -0.3 is 4.57 Å². The van der Waals surface area contributed by atoms with E-state index in [1.165, 1.54) is 43.7 Å². The fraction of sp³-hybridized carbons (Fsp3) is 0. The number of pyridine rings is 3. The molecule has 0 aliphatic heterocycles. The lowest BCUT2D eigenvalue weighted by atomic mass is 10.1. The van der Waals surface area contributed by atoms with Crippen LogP contribution in [0.15, 0.2) is 164 Å². The van der Waals surface area contributed by atoms with E-state index >= 15 is 0 Å². The van der Waals surface area contributed by atoms with Crippen LogP contribution in [-0.4, -0.2) is 24.1 Å². The molecule has 0 spiro atoms. The Hall–Kier alpha value is -6.59. The number of para-hydroxylation sites is 2. The minimum atomic E-state index is 0.715. The molecule has 0 fully saturated rings. The van der Waals surface area contributed by atoms with Gasteiger partial charge in [-0.3, -0.25) is 4.57 Å². The molecule has 224 valence electrons. The Labute approximate surface area is 276 Å². The predicted octanol–water partition coefficient (Wildman–Crippen LogP) is 10.6. The molecule has 5 heterocycles. The van der Waals surface area contributed by atoms with Crippen molar-refractivity contribution < 1.29 is 0 Å². The first-order valence-electron chi connectivity index (χ1n) is 16.1. The summed E-state index contributed by atoms with van der Waals surface area (Å²) in [4.78, 5) is 14.5. The Kier molecular flexibility index (Phi) is 5.81. The van der Waals surface area contributed by atoms with E-state index in [-0.39, 0.29) is 0 Å². The van der Waals surface area contributed by atoms with Crippen molar-refractivity contribution in [1.29, 1.82) is 0 Å². The summed E-state index contributed by atoms with van der Waals surface area (Å²) in [6.45, 7) is 0. The van der Waals surface area contributed by atoms with Gasteiger partial charge >= 0.3 is 0 Å². The molecule has 0 amide bonds. The molecule has 0 aliphatic carbocycles. The Balaban J connectivity index is 1.22. The summed E-state index contributed by atoms with van der Waals surface area (Å²) in [5.74, 6) is 0.847. The van der Waals surface area contributed by atoms with Crippen LogP contribution < -0.4 is 0 Å². The Morgan fingerprint density at radius 1 is 0.396 bits per heavy atom. The van der Waals surface area contributed by atoms with Crippen LogP contribution in [0.3, 0.4) is 0 Å². The normalized spacial score (nSPS) is 11.8. The molecule has 0 unspecified atom stereocenters. The van der Waals surface area contributed by atoms with Crippen molar-refractivity contribution in [3.63, 3.8) is 0 Å². The molecule has 0 radical (unpaired) electrons. The summed E-state index contributed by atoms with van der Waals surface area (Å²) in [6.07, 6.45) is 1.78. The first-order valence-corrected chi connectivity index (χ1v) is 16.1. The van der Waals surface area contributed by atoms with Gasteiger partial charge in [0, 0.05) is 38.8 Å². The summed E-state index contributed by atoms with van der Waals surface area (Å²) in [5, 5.41) is 5.79. The number of aromatic nitrogens is 5. The number of hydrogen-bond acceptors (Lipinski definition) is 3. The molecule has 0 aliphatic rings. The van der Waals surface area contributed by atoms with Crippen LogP contribution in [0, 0.1) is 0 Å². The maximum Gasteiger partial charge on any atom is 0.159 e. The summed E-state index contributed by atoms with van der Waals surface area (Å²) in [5.41, 5.74) is 10.4. The van der Waals surface area contributed by atoms with Crippen LogP contribution in [0.1, 0.15) is 0 Å². The smallest absolute Gasteiger partial charge is 0.159 e. The standard InChI is InChI=1S/C43H27N5/c1-2-11-28(12-3-1)30-13-8-15-31(25-30)47-38-19-6-4-16-32(38)34-27-41-35(26-40(34)47)33-17-5-7-20-39(33)48(41)42-21-9-18-36(45-42)37-23-22-29-14-10-24-44-43(29)46-37/h1-27H. The van der Waals surface area contributed by atoms with Crippen molar-refractivity contribution >= 4 is 54.6 Å². The van der Waals surface area contributed by atoms with Crippen molar-refractivity contribution in [2.45, 2.75) is 0 Å². The third-order valence-electron chi connectivity index (χ3n) is 9.37. The molecule has 10 aromatic rings. The van der Waals surface area contributed by atoms with E-state index in [2.05, 4.69) is 148 Å². The van der Waals surface area contributed by atoms with E-state index in [9.17, 15) is 0 Å². The first kappa shape index (κ1) is 26.6. The molecule has 5 aromatic carbocycles. The quantitative estimate of drug-likeness (QED) is 0.198. The molecular formula is C43H27N5.